The summed E-state index contributed by atoms with van der Waals surface area (Å²) in [5.74, 6) is -7.60. The number of fused-ring (bicyclic) bond motifs is 2. The van der Waals surface area contributed by atoms with Crippen molar-refractivity contribution in [2.75, 3.05) is 6.54 Å². The summed E-state index contributed by atoms with van der Waals surface area (Å²) in [5.41, 5.74) is 2.96. The number of halogens is 1. The van der Waals surface area contributed by atoms with Crippen LogP contribution in [0.5, 0.6) is 5.75 Å². The Morgan fingerprint density at radius 2 is 1.75 bits per heavy atom. The van der Waals surface area contributed by atoms with Gasteiger partial charge in [-0.15, -0.1) is 0 Å². The molecule has 3 rings (SSSR count). The van der Waals surface area contributed by atoms with E-state index in [1.165, 1.54) is 49.2 Å². The summed E-state index contributed by atoms with van der Waals surface area (Å²) in [4.78, 5) is 80.4. The number of phenols is 1. The number of carbonyl (C=O) groups is 6. The number of hydrogen-bond acceptors (Lipinski definition) is 12. The number of benzene rings is 1. The molecule has 0 aromatic heterocycles. The van der Waals surface area contributed by atoms with Crippen molar-refractivity contribution >= 4 is 35.4 Å². The maximum atomic E-state index is 14.4. The van der Waals surface area contributed by atoms with Crippen molar-refractivity contribution in [1.82, 2.24) is 21.1 Å². The molecule has 3 amide bonds. The predicted octanol–water partition coefficient (Wildman–Crippen LogP) is 3.81. The SMILES string of the molecule is CC(=O)CC[C@H]1C(=O)N[C@@H](C(C)C)C(=O)N[C@@H](Cc2cc(O)cc(F)c2)C(=O)N2CCCC(N2)C(=O)O[C@H](/C(C)=C/C=C/C(=O)OC(C)(C)C)C/C=C/C=C/[C@H](O)[C@H](C)[C@H]1O. The lowest BCUT2D eigenvalue weighted by Crippen LogP contribution is -2.62. The van der Waals surface area contributed by atoms with Crippen LogP contribution in [-0.4, -0.2) is 104 Å². The molecule has 15 nitrogen and oxygen atoms in total. The van der Waals surface area contributed by atoms with Crippen LogP contribution >= 0.6 is 0 Å². The van der Waals surface area contributed by atoms with Gasteiger partial charge in [0.05, 0.1) is 18.1 Å². The van der Waals surface area contributed by atoms with Gasteiger partial charge in [-0.2, -0.15) is 0 Å². The van der Waals surface area contributed by atoms with E-state index in [9.17, 15) is 48.5 Å². The quantitative estimate of drug-likeness (QED) is 0.119. The van der Waals surface area contributed by atoms with E-state index >= 15 is 0 Å². The minimum atomic E-state index is -1.46. The third-order valence-corrected chi connectivity index (χ3v) is 10.3. The van der Waals surface area contributed by atoms with Crippen molar-refractivity contribution in [3.05, 3.63) is 77.7 Å². The number of nitrogens with one attached hydrogen (secondary N) is 3. The second-order valence-corrected chi connectivity index (χ2v) is 17.1. The lowest BCUT2D eigenvalue weighted by atomic mass is 9.84. The lowest BCUT2D eigenvalue weighted by molar-refractivity contribution is -0.156. The van der Waals surface area contributed by atoms with Crippen molar-refractivity contribution in [3.63, 3.8) is 0 Å². The van der Waals surface area contributed by atoms with Gasteiger partial charge in [-0.3, -0.25) is 24.2 Å². The highest BCUT2D eigenvalue weighted by Gasteiger charge is 2.38. The molecule has 2 heterocycles. The largest absolute Gasteiger partial charge is 0.508 e. The van der Waals surface area contributed by atoms with Crippen LogP contribution in [0, 0.1) is 23.6 Å². The summed E-state index contributed by atoms with van der Waals surface area (Å²) in [7, 11) is 0. The summed E-state index contributed by atoms with van der Waals surface area (Å²) < 4.78 is 25.7. The van der Waals surface area contributed by atoms with Crippen molar-refractivity contribution in [2.45, 2.75) is 136 Å². The monoisotopic (exact) mass is 854 g/mol. The topological polar surface area (TPSA) is 221 Å². The van der Waals surface area contributed by atoms with Gasteiger partial charge >= 0.3 is 11.9 Å². The number of aromatic hydroxyl groups is 1. The highest BCUT2D eigenvalue weighted by molar-refractivity contribution is 5.93. The average molecular weight is 855 g/mol. The number of rotatable bonds is 9. The molecule has 6 N–H and O–H groups in total. The van der Waals surface area contributed by atoms with E-state index in [0.717, 1.165) is 12.1 Å². The fourth-order valence-electron chi connectivity index (χ4n) is 6.84. The smallest absolute Gasteiger partial charge is 0.331 e. The molecule has 1 unspecified atom stereocenters. The summed E-state index contributed by atoms with van der Waals surface area (Å²) >= 11 is 0. The Hall–Kier alpha value is -5.19. The first-order chi connectivity index (χ1) is 28.6. The molecular weight excluding hydrogens is 792 g/mol. The van der Waals surface area contributed by atoms with Crippen molar-refractivity contribution in [1.29, 1.82) is 0 Å². The first-order valence-corrected chi connectivity index (χ1v) is 20.7. The number of aliphatic hydroxyl groups excluding tert-OH is 2. The van der Waals surface area contributed by atoms with Crippen LogP contribution < -0.4 is 16.1 Å². The Kier molecular flexibility index (Phi) is 19.0. The molecule has 61 heavy (non-hydrogen) atoms. The number of allylic oxidation sites excluding steroid dienone is 4. The number of ketones is 1. The van der Waals surface area contributed by atoms with Crippen LogP contribution in [0.4, 0.5) is 4.39 Å². The molecule has 0 spiro atoms. The molecule has 1 aromatic carbocycles. The molecule has 8 atom stereocenters. The van der Waals surface area contributed by atoms with Crippen molar-refractivity contribution < 1.29 is 58.0 Å². The lowest BCUT2D eigenvalue weighted by Gasteiger charge is -2.36. The van der Waals surface area contributed by atoms with Crippen molar-refractivity contribution in [3.8, 4) is 5.75 Å². The number of aliphatic hydroxyl groups is 2. The van der Waals surface area contributed by atoms with E-state index in [1.54, 1.807) is 59.8 Å². The number of nitrogens with zero attached hydrogens (tertiary/aromatic N) is 1. The third kappa shape index (κ3) is 16.3. The second kappa shape index (κ2) is 23.1. The zero-order valence-corrected chi connectivity index (χ0v) is 36.4. The van der Waals surface area contributed by atoms with E-state index < -0.39 is 101 Å². The van der Waals surface area contributed by atoms with Crippen LogP contribution in [-0.2, 0) is 44.7 Å². The summed E-state index contributed by atoms with van der Waals surface area (Å²) in [6.45, 7) is 13.3. The Morgan fingerprint density at radius 1 is 1.05 bits per heavy atom. The Morgan fingerprint density at radius 3 is 2.39 bits per heavy atom. The Balaban J connectivity index is 2.09. The number of phenolic OH excluding ortho intramolecular Hbond substituents is 1. The maximum absolute atomic E-state index is 14.4. The number of hydrazine groups is 1. The highest BCUT2D eigenvalue weighted by atomic mass is 19.1. The fraction of sp³-hybridized carbons (Fsp3) is 0.556. The maximum Gasteiger partial charge on any atom is 0.331 e. The number of Topliss-reactive ketones (excluding diaryl/α,β-unsaturated/α-hetero) is 1. The van der Waals surface area contributed by atoms with Crippen LogP contribution in [0.2, 0.25) is 0 Å². The Labute approximate surface area is 357 Å². The normalized spacial score (nSPS) is 27.9. The van der Waals surface area contributed by atoms with Gasteiger partial charge in [0, 0.05) is 43.9 Å². The van der Waals surface area contributed by atoms with Crippen molar-refractivity contribution in [2.24, 2.45) is 17.8 Å². The molecule has 0 radical (unpaired) electrons. The van der Waals surface area contributed by atoms with Gasteiger partial charge in [-0.05, 0) is 83.1 Å². The molecule has 2 bridgehead atoms. The predicted molar refractivity (Wildman–Crippen MR) is 224 cm³/mol. The molecule has 2 aliphatic heterocycles. The van der Waals surface area contributed by atoms with Gasteiger partial charge in [-0.1, -0.05) is 57.2 Å². The van der Waals surface area contributed by atoms with Crippen LogP contribution in [0.3, 0.4) is 0 Å². The van der Waals surface area contributed by atoms with Crippen LogP contribution in [0.15, 0.2) is 66.3 Å². The zero-order valence-electron chi connectivity index (χ0n) is 36.4. The van der Waals surface area contributed by atoms with E-state index in [4.69, 9.17) is 9.47 Å². The minimum absolute atomic E-state index is 0.0631. The molecule has 0 aliphatic carbocycles. The van der Waals surface area contributed by atoms with Gasteiger partial charge in [0.15, 0.2) is 0 Å². The molecule has 1 aromatic rings. The van der Waals surface area contributed by atoms with Gasteiger partial charge in [0.2, 0.25) is 11.8 Å². The van der Waals surface area contributed by atoms with Gasteiger partial charge in [0.25, 0.3) is 5.91 Å². The second-order valence-electron chi connectivity index (χ2n) is 17.1. The zero-order chi connectivity index (χ0) is 45.6. The van der Waals surface area contributed by atoms with E-state index in [2.05, 4.69) is 16.1 Å². The molecule has 336 valence electrons. The summed E-state index contributed by atoms with van der Waals surface area (Å²) in [6, 6.07) is -0.422. The van der Waals surface area contributed by atoms with E-state index in [1.807, 2.05) is 0 Å². The van der Waals surface area contributed by atoms with Gasteiger partial charge < -0.3 is 40.2 Å². The molecule has 1 saturated heterocycles. The molecule has 1 fully saturated rings. The number of esters is 2. The summed E-state index contributed by atoms with van der Waals surface area (Å²) in [6.07, 6.45) is 7.39. The minimum Gasteiger partial charge on any atom is -0.508 e. The summed E-state index contributed by atoms with van der Waals surface area (Å²) in [5, 5.41) is 39.2. The number of cyclic esters (lactones) is 1. The van der Waals surface area contributed by atoms with E-state index in [-0.39, 0.29) is 50.0 Å². The average Bonchev–Trinajstić information content (AvgIpc) is 3.16. The number of amides is 3. The first-order valence-electron chi connectivity index (χ1n) is 20.7. The highest BCUT2D eigenvalue weighted by Crippen LogP contribution is 2.24. The third-order valence-electron chi connectivity index (χ3n) is 10.3. The van der Waals surface area contributed by atoms with Gasteiger partial charge in [0.1, 0.15) is 47.2 Å². The molecule has 2 aliphatic rings. The number of hydrogen-bond donors (Lipinski definition) is 6. The number of carbonyl (C=O) groups excluding carboxylic acids is 6. The van der Waals surface area contributed by atoms with Crippen LogP contribution in [0.1, 0.15) is 93.1 Å². The van der Waals surface area contributed by atoms with E-state index in [0.29, 0.717) is 12.0 Å². The Bertz CT molecular complexity index is 1830. The first kappa shape index (κ1) is 50.2. The standard InChI is InChI=1S/C45H63FN4O11/c1-26(2)39-42(57)47-35(24-30-22-31(46)25-32(52)23-30)43(58)50-21-13-15-34(49-50)44(59)60-37(27(3)14-12-18-38(54)61-45(6,7)8)17-11-9-10-16-36(53)29(5)40(55)33(41(56)48-39)20-19-28(4)51/h9-12,14,16,18,22-23,25-26,29,33-37,39-40,49,52-53,55H,13,15,17,19-21,24H2,1-8H3,(H,47,57)(H,48,56)/b11-9+,16-10+,18-12+,27-14+/t29-,33+,34?,35-,36-,37-,39-,40+/m0/s1. The number of ether oxygens (including phenoxy) is 2. The van der Waals surface area contributed by atoms with Gasteiger partial charge in [-0.25, -0.2) is 14.6 Å². The molecular formula is C45H63FN4O11. The van der Waals surface area contributed by atoms with Crippen LogP contribution in [0.25, 0.3) is 0 Å². The molecule has 0 saturated carbocycles. The molecule has 16 heteroatoms. The fourth-order valence-corrected chi connectivity index (χ4v) is 6.84.